The van der Waals surface area contributed by atoms with Crippen molar-refractivity contribution in [3.05, 3.63) is 78.3 Å². The summed E-state index contributed by atoms with van der Waals surface area (Å²) in [7, 11) is 3.92. The monoisotopic (exact) mass is 374 g/mol. The fraction of sp³-hybridized carbons (Fsp3) is 0.182. The molecular weight excluding hydrogens is 348 g/mol. The largest absolute Gasteiger partial charge is 0.363 e. The van der Waals surface area contributed by atoms with E-state index in [0.29, 0.717) is 11.8 Å². The number of benzene rings is 2. The van der Waals surface area contributed by atoms with Crippen LogP contribution in [0.3, 0.4) is 0 Å². The Kier molecular flexibility index (Phi) is 5.79. The molecule has 0 aliphatic heterocycles. The molecule has 0 fully saturated rings. The van der Waals surface area contributed by atoms with E-state index >= 15 is 0 Å². The molecule has 2 aromatic carbocycles. The molecule has 6 nitrogen and oxygen atoms in total. The Balaban J connectivity index is 1.62. The number of aromatic nitrogens is 2. The van der Waals surface area contributed by atoms with E-state index in [4.69, 9.17) is 0 Å². The lowest BCUT2D eigenvalue weighted by molar-refractivity contribution is 1.02. The fourth-order valence-electron chi connectivity index (χ4n) is 2.62. The second-order valence-electron chi connectivity index (χ2n) is 6.88. The molecule has 0 radical (unpaired) electrons. The zero-order valence-electron chi connectivity index (χ0n) is 16.7. The smallest absolute Gasteiger partial charge is 0.229 e. The maximum absolute atomic E-state index is 4.52. The molecule has 28 heavy (non-hydrogen) atoms. The number of anilines is 5. The Hall–Kier alpha value is -3.54. The molecule has 0 saturated heterocycles. The Bertz CT molecular complexity index is 946. The van der Waals surface area contributed by atoms with Crippen molar-refractivity contribution >= 4 is 28.8 Å². The molecule has 3 N–H and O–H groups in total. The predicted octanol–water partition coefficient (Wildman–Crippen LogP) is 4.90. The lowest BCUT2D eigenvalue weighted by Crippen LogP contribution is -2.12. The highest BCUT2D eigenvalue weighted by Gasteiger charge is 2.05. The van der Waals surface area contributed by atoms with E-state index in [1.165, 1.54) is 5.56 Å². The summed E-state index contributed by atoms with van der Waals surface area (Å²) >= 11 is 0. The highest BCUT2D eigenvalue weighted by atomic mass is 15.2. The van der Waals surface area contributed by atoms with Crippen LogP contribution in [0.1, 0.15) is 11.3 Å². The van der Waals surface area contributed by atoms with Crippen LogP contribution in [0.2, 0.25) is 0 Å². The summed E-state index contributed by atoms with van der Waals surface area (Å²) in [6.07, 6.45) is 0. The van der Waals surface area contributed by atoms with E-state index in [9.17, 15) is 0 Å². The van der Waals surface area contributed by atoms with E-state index in [1.54, 1.807) is 0 Å². The van der Waals surface area contributed by atoms with Crippen molar-refractivity contribution < 1.29 is 0 Å². The normalized spacial score (nSPS) is 10.3. The van der Waals surface area contributed by atoms with Gasteiger partial charge in [-0.3, -0.25) is 0 Å². The first kappa shape index (κ1) is 19.2. The summed E-state index contributed by atoms with van der Waals surface area (Å²) in [6, 6.07) is 18.0. The van der Waals surface area contributed by atoms with Crippen molar-refractivity contribution in [2.24, 2.45) is 0 Å². The quantitative estimate of drug-likeness (QED) is 0.547. The van der Waals surface area contributed by atoms with E-state index in [2.05, 4.69) is 51.6 Å². The van der Waals surface area contributed by atoms with Crippen molar-refractivity contribution in [3.8, 4) is 0 Å². The van der Waals surface area contributed by atoms with Crippen molar-refractivity contribution in [2.45, 2.75) is 13.8 Å². The van der Waals surface area contributed by atoms with Gasteiger partial charge in [0.05, 0.1) is 0 Å². The van der Waals surface area contributed by atoms with Crippen LogP contribution >= 0.6 is 0 Å². The summed E-state index contributed by atoms with van der Waals surface area (Å²) in [5.41, 5.74) is 4.99. The molecular formula is C22H26N6. The Labute approximate surface area is 166 Å². The van der Waals surface area contributed by atoms with Crippen LogP contribution in [0, 0.1) is 13.8 Å². The summed E-state index contributed by atoms with van der Waals surface area (Å²) in [5, 5.41) is 9.76. The maximum atomic E-state index is 4.52. The molecule has 0 saturated carbocycles. The van der Waals surface area contributed by atoms with Gasteiger partial charge in [-0.05, 0) is 50.2 Å². The van der Waals surface area contributed by atoms with Crippen molar-refractivity contribution in [3.63, 3.8) is 0 Å². The van der Waals surface area contributed by atoms with Crippen molar-refractivity contribution in [1.29, 1.82) is 0 Å². The average Bonchev–Trinajstić information content (AvgIpc) is 2.65. The van der Waals surface area contributed by atoms with Gasteiger partial charge in [0.2, 0.25) is 5.95 Å². The Morgan fingerprint density at radius 3 is 1.93 bits per heavy atom. The SMILES string of the molecule is C=C(Nc1ccc(C)cc1)Nc1ccc(Nc2nc(C)cc(N(C)C)n2)cc1. The summed E-state index contributed by atoms with van der Waals surface area (Å²) in [5.74, 6) is 2.16. The molecule has 3 rings (SSSR count). The molecule has 0 atom stereocenters. The predicted molar refractivity (Wildman–Crippen MR) is 118 cm³/mol. The third-order valence-electron chi connectivity index (χ3n) is 4.08. The van der Waals surface area contributed by atoms with E-state index < -0.39 is 0 Å². The average molecular weight is 374 g/mol. The zero-order chi connectivity index (χ0) is 20.1. The second kappa shape index (κ2) is 8.43. The minimum absolute atomic E-state index is 0.579. The van der Waals surface area contributed by atoms with Crippen LogP contribution in [0.5, 0.6) is 0 Å². The molecule has 0 bridgehead atoms. The van der Waals surface area contributed by atoms with Gasteiger partial charge in [-0.1, -0.05) is 24.3 Å². The minimum Gasteiger partial charge on any atom is -0.363 e. The van der Waals surface area contributed by atoms with Gasteiger partial charge < -0.3 is 20.9 Å². The molecule has 1 aromatic heterocycles. The van der Waals surface area contributed by atoms with Gasteiger partial charge in [0.15, 0.2) is 0 Å². The van der Waals surface area contributed by atoms with Gasteiger partial charge in [0.25, 0.3) is 0 Å². The number of nitrogens with zero attached hydrogens (tertiary/aromatic N) is 3. The topological polar surface area (TPSA) is 65.1 Å². The number of hydrogen-bond donors (Lipinski definition) is 3. The number of rotatable bonds is 7. The van der Waals surface area contributed by atoms with E-state index in [0.717, 1.165) is 28.6 Å². The first-order chi connectivity index (χ1) is 13.4. The molecule has 0 aliphatic rings. The van der Waals surface area contributed by atoms with Gasteiger partial charge in [-0.15, -0.1) is 0 Å². The van der Waals surface area contributed by atoms with Gasteiger partial charge >= 0.3 is 0 Å². The molecule has 0 spiro atoms. The molecule has 1 heterocycles. The van der Waals surface area contributed by atoms with Crippen LogP contribution in [-0.4, -0.2) is 24.1 Å². The fourth-order valence-corrected chi connectivity index (χ4v) is 2.62. The number of aryl methyl sites for hydroxylation is 2. The molecule has 0 amide bonds. The van der Waals surface area contributed by atoms with E-state index in [-0.39, 0.29) is 0 Å². The Morgan fingerprint density at radius 2 is 1.36 bits per heavy atom. The van der Waals surface area contributed by atoms with Crippen molar-refractivity contribution in [1.82, 2.24) is 9.97 Å². The van der Waals surface area contributed by atoms with Crippen LogP contribution in [0.15, 0.2) is 67.0 Å². The van der Waals surface area contributed by atoms with Crippen LogP contribution < -0.4 is 20.9 Å². The molecule has 144 valence electrons. The summed E-state index contributed by atoms with van der Waals surface area (Å²) in [4.78, 5) is 10.9. The van der Waals surface area contributed by atoms with Crippen LogP contribution in [0.25, 0.3) is 0 Å². The molecule has 3 aromatic rings. The van der Waals surface area contributed by atoms with Crippen molar-refractivity contribution in [2.75, 3.05) is 34.9 Å². The first-order valence-corrected chi connectivity index (χ1v) is 9.09. The standard InChI is InChI=1S/C22H26N6/c1-15-6-8-18(9-7-15)24-17(3)25-19-10-12-20(13-11-19)26-22-23-16(2)14-21(27-22)28(4)5/h6-14,24-25H,3H2,1-2,4-5H3,(H,23,26,27). The summed E-state index contributed by atoms with van der Waals surface area (Å²) in [6.45, 7) is 8.05. The third-order valence-corrected chi connectivity index (χ3v) is 4.08. The molecule has 0 unspecified atom stereocenters. The van der Waals surface area contributed by atoms with Gasteiger partial charge in [0, 0.05) is 42.9 Å². The van der Waals surface area contributed by atoms with Crippen LogP contribution in [-0.2, 0) is 0 Å². The molecule has 0 aliphatic carbocycles. The highest BCUT2D eigenvalue weighted by Crippen LogP contribution is 2.20. The zero-order valence-corrected chi connectivity index (χ0v) is 16.7. The second-order valence-corrected chi connectivity index (χ2v) is 6.88. The van der Waals surface area contributed by atoms with Gasteiger partial charge in [0.1, 0.15) is 11.6 Å². The Morgan fingerprint density at radius 1 is 0.821 bits per heavy atom. The van der Waals surface area contributed by atoms with E-state index in [1.807, 2.05) is 68.4 Å². The lowest BCUT2D eigenvalue weighted by atomic mass is 10.2. The third kappa shape index (κ3) is 5.23. The first-order valence-electron chi connectivity index (χ1n) is 9.09. The number of nitrogens with one attached hydrogen (secondary N) is 3. The highest BCUT2D eigenvalue weighted by molar-refractivity contribution is 5.62. The maximum Gasteiger partial charge on any atom is 0.229 e. The number of hydrogen-bond acceptors (Lipinski definition) is 6. The minimum atomic E-state index is 0.579. The van der Waals surface area contributed by atoms with Gasteiger partial charge in [-0.2, -0.15) is 4.98 Å². The summed E-state index contributed by atoms with van der Waals surface area (Å²) < 4.78 is 0. The van der Waals surface area contributed by atoms with Gasteiger partial charge in [-0.25, -0.2) is 4.98 Å². The molecule has 6 heteroatoms. The van der Waals surface area contributed by atoms with Crippen LogP contribution in [0.4, 0.5) is 28.8 Å². The lowest BCUT2D eigenvalue weighted by Gasteiger charge is -2.15.